The van der Waals surface area contributed by atoms with E-state index in [1.54, 1.807) is 18.2 Å². The van der Waals surface area contributed by atoms with Crippen molar-refractivity contribution in [2.75, 3.05) is 0 Å². The molecule has 0 fully saturated rings. The lowest BCUT2D eigenvalue weighted by Gasteiger charge is -1.79. The van der Waals surface area contributed by atoms with Crippen molar-refractivity contribution < 1.29 is 14.3 Å². The van der Waals surface area contributed by atoms with Crippen LogP contribution in [0.2, 0.25) is 0 Å². The minimum absolute atomic E-state index is 0.178. The summed E-state index contributed by atoms with van der Waals surface area (Å²) in [5.74, 6) is 4.14. The molecule has 1 amide bonds. The molecular formula is C7H9FN2O2. The molecule has 0 spiro atoms. The summed E-state index contributed by atoms with van der Waals surface area (Å²) in [6.07, 6.45) is -1.22. The number of amides is 1. The lowest BCUT2D eigenvalue weighted by molar-refractivity contribution is 0.194. The summed E-state index contributed by atoms with van der Waals surface area (Å²) in [6.45, 7) is 0. The van der Waals surface area contributed by atoms with Crippen LogP contribution in [0.5, 0.6) is 0 Å². The maximum absolute atomic E-state index is 11.9. The Morgan fingerprint density at radius 3 is 2.00 bits per heavy atom. The molecule has 0 aromatic heterocycles. The Kier molecular flexibility index (Phi) is 5.29. The Hall–Kier alpha value is -1.62. The number of carbonyl (C=O) groups is 1. The Balaban J connectivity index is 0.000000217. The van der Waals surface area contributed by atoms with Gasteiger partial charge in [0.25, 0.3) is 0 Å². The third kappa shape index (κ3) is 6.50. The number of hydrogen-bond donors (Lipinski definition) is 3. The SMILES string of the molecule is Fc1ccccc1.NNC(=O)O. The highest BCUT2D eigenvalue weighted by molar-refractivity contribution is 5.63. The second-order valence-electron chi connectivity index (χ2n) is 1.75. The number of benzene rings is 1. The van der Waals surface area contributed by atoms with Crippen molar-refractivity contribution in [3.05, 3.63) is 36.1 Å². The fraction of sp³-hybridized carbons (Fsp3) is 0. The number of halogens is 1. The minimum atomic E-state index is -1.22. The van der Waals surface area contributed by atoms with E-state index in [9.17, 15) is 4.39 Å². The second kappa shape index (κ2) is 6.11. The van der Waals surface area contributed by atoms with E-state index in [2.05, 4.69) is 5.84 Å². The smallest absolute Gasteiger partial charge is 0.418 e. The van der Waals surface area contributed by atoms with E-state index in [4.69, 9.17) is 9.90 Å². The molecule has 66 valence electrons. The first-order chi connectivity index (χ1) is 5.66. The first-order valence-corrected chi connectivity index (χ1v) is 3.07. The molecule has 0 bridgehead atoms. The topological polar surface area (TPSA) is 75.3 Å². The first-order valence-electron chi connectivity index (χ1n) is 3.07. The third-order valence-electron chi connectivity index (χ3n) is 0.857. The van der Waals surface area contributed by atoms with Gasteiger partial charge in [-0.2, -0.15) is 0 Å². The molecule has 0 atom stereocenters. The lowest BCUT2D eigenvalue weighted by Crippen LogP contribution is -2.27. The molecule has 0 unspecified atom stereocenters. The van der Waals surface area contributed by atoms with E-state index in [0.717, 1.165) is 0 Å². The molecule has 1 aromatic carbocycles. The van der Waals surface area contributed by atoms with Gasteiger partial charge in [-0.05, 0) is 12.1 Å². The van der Waals surface area contributed by atoms with Crippen LogP contribution in [0.4, 0.5) is 9.18 Å². The highest BCUT2D eigenvalue weighted by Crippen LogP contribution is 1.91. The van der Waals surface area contributed by atoms with Crippen LogP contribution in [0.1, 0.15) is 0 Å². The van der Waals surface area contributed by atoms with E-state index >= 15 is 0 Å². The van der Waals surface area contributed by atoms with Gasteiger partial charge >= 0.3 is 6.09 Å². The van der Waals surface area contributed by atoms with E-state index in [0.29, 0.717) is 0 Å². The van der Waals surface area contributed by atoms with Crippen LogP contribution in [-0.4, -0.2) is 11.2 Å². The average Bonchev–Trinajstić information content (AvgIpc) is 2.07. The van der Waals surface area contributed by atoms with Gasteiger partial charge < -0.3 is 5.11 Å². The normalized spacial score (nSPS) is 7.83. The van der Waals surface area contributed by atoms with E-state index in [1.165, 1.54) is 17.6 Å². The predicted octanol–water partition coefficient (Wildman–Crippen LogP) is 0.953. The van der Waals surface area contributed by atoms with Crippen molar-refractivity contribution >= 4 is 6.09 Å². The summed E-state index contributed by atoms with van der Waals surface area (Å²) in [7, 11) is 0. The molecule has 5 heteroatoms. The van der Waals surface area contributed by atoms with Crippen LogP contribution in [-0.2, 0) is 0 Å². The summed E-state index contributed by atoms with van der Waals surface area (Å²) >= 11 is 0. The molecule has 1 aromatic rings. The summed E-state index contributed by atoms with van der Waals surface area (Å²) < 4.78 is 11.9. The van der Waals surface area contributed by atoms with E-state index in [-0.39, 0.29) is 5.82 Å². The molecule has 0 saturated heterocycles. The van der Waals surface area contributed by atoms with Gasteiger partial charge in [-0.1, -0.05) is 18.2 Å². The summed E-state index contributed by atoms with van der Waals surface area (Å²) in [5.41, 5.74) is 1.44. The summed E-state index contributed by atoms with van der Waals surface area (Å²) in [6, 6.07) is 7.94. The number of carboxylic acid groups (broad SMARTS) is 1. The summed E-state index contributed by atoms with van der Waals surface area (Å²) in [4.78, 5) is 9.13. The highest BCUT2D eigenvalue weighted by atomic mass is 19.1. The van der Waals surface area contributed by atoms with Crippen LogP contribution in [0.3, 0.4) is 0 Å². The van der Waals surface area contributed by atoms with Crippen molar-refractivity contribution in [2.45, 2.75) is 0 Å². The minimum Gasteiger partial charge on any atom is -0.464 e. The lowest BCUT2D eigenvalue weighted by atomic mass is 10.4. The van der Waals surface area contributed by atoms with E-state index < -0.39 is 6.09 Å². The van der Waals surface area contributed by atoms with Crippen molar-refractivity contribution in [1.82, 2.24) is 5.43 Å². The molecule has 0 aliphatic rings. The average molecular weight is 172 g/mol. The van der Waals surface area contributed by atoms with Crippen molar-refractivity contribution in [3.63, 3.8) is 0 Å². The van der Waals surface area contributed by atoms with Crippen molar-refractivity contribution in [1.29, 1.82) is 0 Å². The molecular weight excluding hydrogens is 163 g/mol. The maximum atomic E-state index is 11.9. The zero-order chi connectivity index (χ0) is 9.40. The van der Waals surface area contributed by atoms with Crippen molar-refractivity contribution in [3.8, 4) is 0 Å². The van der Waals surface area contributed by atoms with Gasteiger partial charge in [0.1, 0.15) is 5.82 Å². The molecule has 0 radical (unpaired) electrons. The largest absolute Gasteiger partial charge is 0.464 e. The maximum Gasteiger partial charge on any atom is 0.418 e. The number of nitrogens with one attached hydrogen (secondary N) is 1. The van der Waals surface area contributed by atoms with Crippen LogP contribution in [0, 0.1) is 5.82 Å². The van der Waals surface area contributed by atoms with Crippen LogP contribution in [0.25, 0.3) is 0 Å². The predicted molar refractivity (Wildman–Crippen MR) is 41.7 cm³/mol. The molecule has 0 aliphatic heterocycles. The van der Waals surface area contributed by atoms with Crippen LogP contribution in [0.15, 0.2) is 30.3 Å². The van der Waals surface area contributed by atoms with Gasteiger partial charge in [-0.15, -0.1) is 0 Å². The Labute approximate surface area is 68.8 Å². The Bertz CT molecular complexity index is 228. The van der Waals surface area contributed by atoms with Gasteiger partial charge in [0.15, 0.2) is 0 Å². The highest BCUT2D eigenvalue weighted by Gasteiger charge is 1.77. The Morgan fingerprint density at radius 2 is 1.83 bits per heavy atom. The molecule has 4 N–H and O–H groups in total. The van der Waals surface area contributed by atoms with Gasteiger partial charge in [0, 0.05) is 0 Å². The number of hydrogen-bond acceptors (Lipinski definition) is 2. The third-order valence-corrected chi connectivity index (χ3v) is 0.857. The van der Waals surface area contributed by atoms with Gasteiger partial charge in [-0.25, -0.2) is 15.0 Å². The van der Waals surface area contributed by atoms with Gasteiger partial charge in [0.2, 0.25) is 0 Å². The molecule has 4 nitrogen and oxygen atoms in total. The number of hydrazine groups is 1. The second-order valence-corrected chi connectivity index (χ2v) is 1.75. The molecule has 1 rings (SSSR count). The summed E-state index contributed by atoms with van der Waals surface area (Å²) in [5, 5.41) is 7.49. The number of rotatable bonds is 0. The standard InChI is InChI=1S/C6H5F.CH4N2O2/c7-6-4-2-1-3-5-6;2-3-1(4)5/h1-5H;3H,2H2,(H,4,5). The van der Waals surface area contributed by atoms with Crippen molar-refractivity contribution in [2.24, 2.45) is 5.84 Å². The first kappa shape index (κ1) is 10.4. The molecule has 0 aliphatic carbocycles. The van der Waals surface area contributed by atoms with Crippen LogP contribution >= 0.6 is 0 Å². The van der Waals surface area contributed by atoms with Gasteiger partial charge in [-0.3, -0.25) is 5.43 Å². The monoisotopic (exact) mass is 172 g/mol. The zero-order valence-corrected chi connectivity index (χ0v) is 6.20. The zero-order valence-electron chi connectivity index (χ0n) is 6.20. The fourth-order valence-corrected chi connectivity index (χ4v) is 0.415. The Morgan fingerprint density at radius 1 is 1.42 bits per heavy atom. The van der Waals surface area contributed by atoms with Gasteiger partial charge in [0.05, 0.1) is 0 Å². The molecule has 0 saturated carbocycles. The fourth-order valence-electron chi connectivity index (χ4n) is 0.415. The number of nitrogens with two attached hydrogens (primary N) is 1. The molecule has 0 heterocycles. The molecule has 12 heavy (non-hydrogen) atoms. The quantitative estimate of drug-likeness (QED) is 0.310. The van der Waals surface area contributed by atoms with Crippen LogP contribution < -0.4 is 11.3 Å². The van der Waals surface area contributed by atoms with E-state index in [1.807, 2.05) is 0 Å².